The van der Waals surface area contributed by atoms with Crippen molar-refractivity contribution in [2.75, 3.05) is 0 Å². The summed E-state index contributed by atoms with van der Waals surface area (Å²) in [6.45, 7) is 0. The third-order valence-electron chi connectivity index (χ3n) is 2.64. The van der Waals surface area contributed by atoms with Crippen LogP contribution in [-0.2, 0) is 0 Å². The zero-order valence-corrected chi connectivity index (χ0v) is 8.88. The van der Waals surface area contributed by atoms with Crippen LogP contribution in [0.2, 0.25) is 0 Å². The maximum Gasteiger partial charge on any atom is 0.137 e. The molecule has 1 aliphatic carbocycles. The summed E-state index contributed by atoms with van der Waals surface area (Å²) < 4.78 is 2.04. The van der Waals surface area contributed by atoms with E-state index in [-0.39, 0.29) is 0 Å². The molecule has 16 heavy (non-hydrogen) atoms. The molecule has 0 amide bonds. The highest BCUT2D eigenvalue weighted by Crippen LogP contribution is 2.18. The van der Waals surface area contributed by atoms with Gasteiger partial charge >= 0.3 is 0 Å². The van der Waals surface area contributed by atoms with Crippen molar-refractivity contribution in [1.82, 2.24) is 9.38 Å². The Kier molecular flexibility index (Phi) is 2.18. The minimum absolute atomic E-state index is 0.986. The molecule has 0 radical (unpaired) electrons. The summed E-state index contributed by atoms with van der Waals surface area (Å²) in [5, 5.41) is 0. The predicted molar refractivity (Wildman–Crippen MR) is 66.1 cm³/mol. The molecule has 0 atom stereocenters. The molecule has 0 spiro atoms. The Balaban J connectivity index is 2.12. The molecule has 0 aromatic carbocycles. The van der Waals surface area contributed by atoms with Gasteiger partial charge in [0.25, 0.3) is 0 Å². The summed E-state index contributed by atoms with van der Waals surface area (Å²) in [6, 6.07) is 6.03. The van der Waals surface area contributed by atoms with E-state index in [1.54, 1.807) is 0 Å². The van der Waals surface area contributed by atoms with Crippen LogP contribution in [0.25, 0.3) is 11.2 Å². The summed E-state index contributed by atoms with van der Waals surface area (Å²) in [6.07, 6.45) is 15.7. The van der Waals surface area contributed by atoms with Gasteiger partial charge in [0.15, 0.2) is 0 Å². The van der Waals surface area contributed by atoms with Gasteiger partial charge < -0.3 is 4.40 Å². The fraction of sp³-hybridized carbons (Fsp3) is 0.0714. The first-order valence-electron chi connectivity index (χ1n) is 5.41. The van der Waals surface area contributed by atoms with Crippen molar-refractivity contribution in [3.8, 4) is 0 Å². The van der Waals surface area contributed by atoms with Crippen LogP contribution in [0.1, 0.15) is 12.1 Å². The molecule has 3 rings (SSSR count). The summed E-state index contributed by atoms with van der Waals surface area (Å²) in [5.74, 6) is 0. The monoisotopic (exact) mass is 208 g/mol. The lowest BCUT2D eigenvalue weighted by Gasteiger charge is -1.92. The van der Waals surface area contributed by atoms with E-state index in [0.29, 0.717) is 0 Å². The number of allylic oxidation sites excluding steroid dienone is 6. The molecule has 2 nitrogen and oxygen atoms in total. The topological polar surface area (TPSA) is 17.3 Å². The van der Waals surface area contributed by atoms with Crippen LogP contribution >= 0.6 is 0 Å². The molecule has 0 aliphatic heterocycles. The highest BCUT2D eigenvalue weighted by atomic mass is 15.0. The van der Waals surface area contributed by atoms with Gasteiger partial charge in [0.2, 0.25) is 0 Å². The standard InChI is InChI=1S/C14H12N2/c1-2-4-8-12(7-3-1)13-11-16-10-6-5-9-14(16)15-13/h1,3-11H,2H2. The van der Waals surface area contributed by atoms with Crippen LogP contribution in [0.15, 0.2) is 61.0 Å². The Bertz CT molecular complexity index is 567. The minimum Gasteiger partial charge on any atom is -0.306 e. The Morgan fingerprint density at radius 1 is 1.19 bits per heavy atom. The Hall–Kier alpha value is -2.09. The van der Waals surface area contributed by atoms with E-state index in [9.17, 15) is 0 Å². The molecule has 2 aromatic rings. The molecule has 0 saturated carbocycles. The van der Waals surface area contributed by atoms with E-state index in [4.69, 9.17) is 0 Å². The Labute approximate surface area is 94.2 Å². The summed E-state index contributed by atoms with van der Waals surface area (Å²) in [4.78, 5) is 4.59. The summed E-state index contributed by atoms with van der Waals surface area (Å²) >= 11 is 0. The van der Waals surface area contributed by atoms with Crippen LogP contribution in [0.3, 0.4) is 0 Å². The number of rotatable bonds is 1. The Morgan fingerprint density at radius 3 is 3.12 bits per heavy atom. The lowest BCUT2D eigenvalue weighted by molar-refractivity contribution is 1.19. The number of pyridine rings is 1. The van der Waals surface area contributed by atoms with Crippen LogP contribution in [0, 0.1) is 0 Å². The number of fused-ring (bicyclic) bond motifs is 1. The van der Waals surface area contributed by atoms with Gasteiger partial charge in [-0.05, 0) is 18.6 Å². The van der Waals surface area contributed by atoms with Crippen molar-refractivity contribution in [3.05, 3.63) is 66.7 Å². The lowest BCUT2D eigenvalue weighted by atomic mass is 10.2. The molecule has 1 aliphatic rings. The molecule has 2 aromatic heterocycles. The maximum absolute atomic E-state index is 4.59. The van der Waals surface area contributed by atoms with Crippen LogP contribution in [-0.4, -0.2) is 9.38 Å². The van der Waals surface area contributed by atoms with Gasteiger partial charge in [-0.25, -0.2) is 4.98 Å². The van der Waals surface area contributed by atoms with Crippen molar-refractivity contribution in [1.29, 1.82) is 0 Å². The van der Waals surface area contributed by atoms with Crippen molar-refractivity contribution in [3.63, 3.8) is 0 Å². The average molecular weight is 208 g/mol. The largest absolute Gasteiger partial charge is 0.306 e. The lowest BCUT2D eigenvalue weighted by Crippen LogP contribution is -1.78. The van der Waals surface area contributed by atoms with Crippen molar-refractivity contribution < 1.29 is 0 Å². The molecule has 78 valence electrons. The quantitative estimate of drug-likeness (QED) is 0.703. The first-order chi connectivity index (χ1) is 7.93. The van der Waals surface area contributed by atoms with Gasteiger partial charge in [0, 0.05) is 18.0 Å². The number of imidazole rings is 1. The van der Waals surface area contributed by atoms with E-state index < -0.39 is 0 Å². The van der Waals surface area contributed by atoms with E-state index >= 15 is 0 Å². The normalized spacial score (nSPS) is 15.1. The number of hydrogen-bond acceptors (Lipinski definition) is 1. The van der Waals surface area contributed by atoms with Crippen LogP contribution in [0.5, 0.6) is 0 Å². The zero-order chi connectivity index (χ0) is 10.8. The maximum atomic E-state index is 4.59. The third-order valence-corrected chi connectivity index (χ3v) is 2.64. The smallest absolute Gasteiger partial charge is 0.137 e. The second-order valence-electron chi connectivity index (χ2n) is 3.78. The van der Waals surface area contributed by atoms with E-state index in [0.717, 1.165) is 23.3 Å². The van der Waals surface area contributed by atoms with Crippen molar-refractivity contribution in [2.24, 2.45) is 0 Å². The molecule has 0 N–H and O–H groups in total. The third kappa shape index (κ3) is 1.58. The first kappa shape index (κ1) is 9.16. The summed E-state index contributed by atoms with van der Waals surface area (Å²) in [5.41, 5.74) is 3.17. The molecular formula is C14H12N2. The SMILES string of the molecule is C1=CCC=CC(c2cn3ccccc3n2)=C1. The zero-order valence-electron chi connectivity index (χ0n) is 8.88. The van der Waals surface area contributed by atoms with Gasteiger partial charge in [-0.1, -0.05) is 36.4 Å². The molecule has 2 heteroatoms. The number of nitrogens with zero attached hydrogens (tertiary/aromatic N) is 2. The van der Waals surface area contributed by atoms with E-state index in [1.807, 2.05) is 28.8 Å². The number of hydrogen-bond donors (Lipinski definition) is 0. The van der Waals surface area contributed by atoms with E-state index in [1.165, 1.54) is 0 Å². The minimum atomic E-state index is 0.986. The molecule has 2 heterocycles. The van der Waals surface area contributed by atoms with Crippen LogP contribution in [0.4, 0.5) is 0 Å². The molecule has 0 unspecified atom stereocenters. The highest BCUT2D eigenvalue weighted by Gasteiger charge is 2.03. The highest BCUT2D eigenvalue weighted by molar-refractivity contribution is 5.74. The molecule has 0 bridgehead atoms. The van der Waals surface area contributed by atoms with Gasteiger partial charge in [-0.3, -0.25) is 0 Å². The van der Waals surface area contributed by atoms with E-state index in [2.05, 4.69) is 41.6 Å². The number of aromatic nitrogens is 2. The summed E-state index contributed by atoms with van der Waals surface area (Å²) in [7, 11) is 0. The van der Waals surface area contributed by atoms with Gasteiger partial charge in [-0.2, -0.15) is 0 Å². The second kappa shape index (κ2) is 3.81. The first-order valence-corrected chi connectivity index (χ1v) is 5.41. The Morgan fingerprint density at radius 2 is 2.19 bits per heavy atom. The van der Waals surface area contributed by atoms with Gasteiger partial charge in [0.05, 0.1) is 5.69 Å². The van der Waals surface area contributed by atoms with Crippen molar-refractivity contribution in [2.45, 2.75) is 6.42 Å². The molecular weight excluding hydrogens is 196 g/mol. The molecule has 0 fully saturated rings. The van der Waals surface area contributed by atoms with Crippen LogP contribution < -0.4 is 0 Å². The predicted octanol–water partition coefficient (Wildman–Crippen LogP) is 3.23. The molecule has 0 saturated heterocycles. The van der Waals surface area contributed by atoms with Gasteiger partial charge in [-0.15, -0.1) is 0 Å². The van der Waals surface area contributed by atoms with Gasteiger partial charge in [0.1, 0.15) is 5.65 Å². The van der Waals surface area contributed by atoms with Crippen molar-refractivity contribution >= 4 is 11.2 Å². The average Bonchev–Trinajstić information content (AvgIpc) is 2.56. The fourth-order valence-corrected chi connectivity index (χ4v) is 1.82. The second-order valence-corrected chi connectivity index (χ2v) is 3.78. The fourth-order valence-electron chi connectivity index (χ4n) is 1.82.